The zero-order chi connectivity index (χ0) is 15.6. The number of halogens is 1. The molecule has 3 aromatic rings. The molecule has 14 heavy (non-hydrogen) atoms. The molecule has 0 atom stereocenters. The fourth-order valence-electron chi connectivity index (χ4n) is 1.30. The Morgan fingerprint density at radius 3 is 2.71 bits per heavy atom. The van der Waals surface area contributed by atoms with Gasteiger partial charge in [0, 0.05) is 10.8 Å². The Hall–Kier alpha value is -1.47. The Morgan fingerprint density at radius 2 is 1.79 bits per heavy atom. The first-order valence-electron chi connectivity index (χ1n) is 7.35. The molecule has 0 saturated heterocycles. The van der Waals surface area contributed by atoms with E-state index in [2.05, 4.69) is 0 Å². The fourth-order valence-corrected chi connectivity index (χ4v) is 1.48. The van der Waals surface area contributed by atoms with Crippen LogP contribution in [0.1, 0.15) is 9.60 Å². The molecular formula is C12H7ClO. The fraction of sp³-hybridized carbons (Fsp3) is 0. The Kier molecular flexibility index (Phi) is 0.708. The van der Waals surface area contributed by atoms with Crippen LogP contribution in [-0.4, -0.2) is 0 Å². The maximum atomic E-state index is 7.94. The minimum Gasteiger partial charge on any atom is -0.454 e. The molecule has 0 bridgehead atoms. The molecule has 0 N–H and O–H groups in total. The second-order valence-corrected chi connectivity index (χ2v) is 3.08. The molecule has 68 valence electrons. The molecule has 0 aliphatic rings. The standard InChI is InChI=1S/C12H7ClO/c13-10-6-3-5-9-8-4-1-2-7-11(8)14-12(9)10/h1-7H/i1D,2D,3D,4D,5D,6D,7D. The molecule has 0 aliphatic heterocycles. The van der Waals surface area contributed by atoms with Crippen LogP contribution in [0, 0.1) is 0 Å². The molecule has 0 spiro atoms. The summed E-state index contributed by atoms with van der Waals surface area (Å²) in [6.45, 7) is 0. The quantitative estimate of drug-likeness (QED) is 0.540. The van der Waals surface area contributed by atoms with Crippen molar-refractivity contribution < 1.29 is 14.0 Å². The number of rotatable bonds is 0. The summed E-state index contributed by atoms with van der Waals surface area (Å²) in [5.41, 5.74) is -0.193. The van der Waals surface area contributed by atoms with E-state index >= 15 is 0 Å². The Bertz CT molecular complexity index is 857. The van der Waals surface area contributed by atoms with Crippen LogP contribution in [0.15, 0.2) is 46.7 Å². The monoisotopic (exact) mass is 209 g/mol. The number of hydrogen-bond donors (Lipinski definition) is 0. The van der Waals surface area contributed by atoms with Crippen LogP contribution in [0.4, 0.5) is 0 Å². The van der Waals surface area contributed by atoms with Crippen LogP contribution in [0.25, 0.3) is 21.9 Å². The van der Waals surface area contributed by atoms with E-state index in [9.17, 15) is 0 Å². The first-order chi connectivity index (χ1) is 9.77. The van der Waals surface area contributed by atoms with Crippen molar-refractivity contribution in [2.24, 2.45) is 0 Å². The first-order valence-corrected chi connectivity index (χ1v) is 4.23. The first kappa shape index (κ1) is 3.59. The molecule has 2 heteroatoms. The molecule has 1 nitrogen and oxygen atoms in total. The SMILES string of the molecule is [2H]c1c([2H])c([2H])c2c(oc3c(Cl)c([2H])c([2H])c([2H])c32)c1[2H]. The predicted octanol–water partition coefficient (Wildman–Crippen LogP) is 4.24. The van der Waals surface area contributed by atoms with Crippen molar-refractivity contribution in [3.05, 3.63) is 47.3 Å². The zero-order valence-electron chi connectivity index (χ0n) is 13.8. The van der Waals surface area contributed by atoms with Gasteiger partial charge in [0.2, 0.25) is 0 Å². The smallest absolute Gasteiger partial charge is 0.153 e. The van der Waals surface area contributed by atoms with Crippen molar-refractivity contribution in [3.8, 4) is 0 Å². The van der Waals surface area contributed by atoms with Crippen molar-refractivity contribution >= 4 is 33.5 Å². The Morgan fingerprint density at radius 1 is 1.00 bits per heavy atom. The summed E-state index contributed by atoms with van der Waals surface area (Å²) >= 11 is 5.96. The number of benzene rings is 2. The third kappa shape index (κ3) is 0.962. The van der Waals surface area contributed by atoms with E-state index in [1.807, 2.05) is 0 Å². The van der Waals surface area contributed by atoms with Gasteiger partial charge in [0.05, 0.1) is 14.6 Å². The average Bonchev–Trinajstić information content (AvgIpc) is 2.87. The molecule has 0 fully saturated rings. The highest BCUT2D eigenvalue weighted by atomic mass is 35.5. The van der Waals surface area contributed by atoms with E-state index in [1.165, 1.54) is 0 Å². The highest BCUT2D eigenvalue weighted by Gasteiger charge is 2.07. The molecular weight excluding hydrogens is 196 g/mol. The van der Waals surface area contributed by atoms with E-state index < -0.39 is 18.1 Å². The molecule has 0 aliphatic carbocycles. The summed E-state index contributed by atoms with van der Waals surface area (Å²) in [6.07, 6.45) is 0. The van der Waals surface area contributed by atoms with Crippen LogP contribution in [0.3, 0.4) is 0 Å². The van der Waals surface area contributed by atoms with Gasteiger partial charge in [-0.25, -0.2) is 0 Å². The van der Waals surface area contributed by atoms with Crippen LogP contribution in [0.2, 0.25) is 5.02 Å². The third-order valence-electron chi connectivity index (χ3n) is 1.89. The van der Waals surface area contributed by atoms with Gasteiger partial charge in [0.15, 0.2) is 5.58 Å². The van der Waals surface area contributed by atoms with Crippen molar-refractivity contribution in [3.63, 3.8) is 0 Å². The van der Waals surface area contributed by atoms with Gasteiger partial charge in [-0.2, -0.15) is 0 Å². The largest absolute Gasteiger partial charge is 0.454 e. The normalized spacial score (nSPS) is 18.2. The van der Waals surface area contributed by atoms with Gasteiger partial charge < -0.3 is 4.42 Å². The van der Waals surface area contributed by atoms with E-state index in [0.29, 0.717) is 0 Å². The van der Waals surface area contributed by atoms with Crippen molar-refractivity contribution in [1.29, 1.82) is 0 Å². The lowest BCUT2D eigenvalue weighted by Crippen LogP contribution is -1.65. The Balaban J connectivity index is 2.73. The van der Waals surface area contributed by atoms with Crippen LogP contribution in [0.5, 0.6) is 0 Å². The maximum Gasteiger partial charge on any atom is 0.153 e. The summed E-state index contributed by atoms with van der Waals surface area (Å²) in [5.74, 6) is 0. The van der Waals surface area contributed by atoms with Gasteiger partial charge in [-0.15, -0.1) is 0 Å². The molecule has 1 aromatic heterocycles. The van der Waals surface area contributed by atoms with E-state index in [0.717, 1.165) is 0 Å². The molecule has 0 amide bonds. The van der Waals surface area contributed by atoms with Gasteiger partial charge in [-0.3, -0.25) is 0 Å². The van der Waals surface area contributed by atoms with E-state index in [4.69, 9.17) is 25.6 Å². The Labute approximate surface area is 95.7 Å². The van der Waals surface area contributed by atoms with Crippen molar-refractivity contribution in [2.45, 2.75) is 0 Å². The minimum atomic E-state index is -0.452. The maximum absolute atomic E-state index is 7.94. The summed E-state index contributed by atoms with van der Waals surface area (Å²) in [6, 6.07) is -2.77. The number of para-hydroxylation sites is 2. The summed E-state index contributed by atoms with van der Waals surface area (Å²) in [7, 11) is 0. The zero-order valence-corrected chi connectivity index (χ0v) is 7.54. The summed E-state index contributed by atoms with van der Waals surface area (Å²) in [4.78, 5) is 0. The topological polar surface area (TPSA) is 13.1 Å². The number of hydrogen-bond acceptors (Lipinski definition) is 1. The molecule has 0 unspecified atom stereocenters. The van der Waals surface area contributed by atoms with Gasteiger partial charge in [-0.1, -0.05) is 41.8 Å². The van der Waals surface area contributed by atoms with Gasteiger partial charge in [0.25, 0.3) is 0 Å². The van der Waals surface area contributed by atoms with Gasteiger partial charge in [-0.05, 0) is 12.1 Å². The summed E-state index contributed by atoms with van der Waals surface area (Å²) in [5, 5.41) is -0.140. The average molecular weight is 210 g/mol. The van der Waals surface area contributed by atoms with Crippen LogP contribution >= 0.6 is 11.6 Å². The molecule has 0 saturated carbocycles. The highest BCUT2D eigenvalue weighted by Crippen LogP contribution is 2.32. The number of fused-ring (bicyclic) bond motifs is 3. The second-order valence-electron chi connectivity index (χ2n) is 2.70. The van der Waals surface area contributed by atoms with Crippen molar-refractivity contribution in [1.82, 2.24) is 0 Å². The molecule has 0 radical (unpaired) electrons. The second kappa shape index (κ2) is 2.76. The minimum absolute atomic E-state index is 0.0106. The number of furan rings is 1. The lowest BCUT2D eigenvalue weighted by molar-refractivity contribution is 0.669. The van der Waals surface area contributed by atoms with Gasteiger partial charge >= 0.3 is 0 Å². The lowest BCUT2D eigenvalue weighted by atomic mass is 10.2. The van der Waals surface area contributed by atoms with Crippen molar-refractivity contribution in [2.75, 3.05) is 0 Å². The van der Waals surface area contributed by atoms with E-state index in [-0.39, 0.29) is 51.1 Å². The molecule has 2 aromatic carbocycles. The summed E-state index contributed by atoms with van der Waals surface area (Å²) < 4.78 is 59.8. The van der Waals surface area contributed by atoms with E-state index in [1.54, 1.807) is 0 Å². The van der Waals surface area contributed by atoms with Crippen LogP contribution in [-0.2, 0) is 0 Å². The van der Waals surface area contributed by atoms with Gasteiger partial charge in [0.1, 0.15) is 5.58 Å². The molecule has 3 rings (SSSR count). The predicted molar refractivity (Wildman–Crippen MR) is 58.7 cm³/mol. The van der Waals surface area contributed by atoms with Crippen LogP contribution < -0.4 is 0 Å². The lowest BCUT2D eigenvalue weighted by Gasteiger charge is -1.89. The highest BCUT2D eigenvalue weighted by molar-refractivity contribution is 6.35. The molecule has 1 heterocycles. The third-order valence-corrected chi connectivity index (χ3v) is 2.16.